The van der Waals surface area contributed by atoms with Crippen molar-refractivity contribution in [1.29, 1.82) is 0 Å². The van der Waals surface area contributed by atoms with Crippen LogP contribution in [0, 0.1) is 0 Å². The molecule has 1 unspecified atom stereocenters. The Balaban J connectivity index is 0.000000275. The number of urea groups is 1. The molecule has 0 fully saturated rings. The molecule has 0 radical (unpaired) electrons. The van der Waals surface area contributed by atoms with E-state index < -0.39 is 53.3 Å². The minimum atomic E-state index is -4.61. The fourth-order valence-corrected chi connectivity index (χ4v) is 6.90. The van der Waals surface area contributed by atoms with Gasteiger partial charge in [0.1, 0.15) is 10.6 Å². The number of nitrogens with one attached hydrogen (secondary N) is 2. The summed E-state index contributed by atoms with van der Waals surface area (Å²) in [5, 5.41) is 25.2. The predicted molar refractivity (Wildman–Crippen MR) is 171 cm³/mol. The second-order valence-electron chi connectivity index (χ2n) is 9.56. The van der Waals surface area contributed by atoms with Crippen molar-refractivity contribution in [3.8, 4) is 11.8 Å². The molecule has 0 spiro atoms. The summed E-state index contributed by atoms with van der Waals surface area (Å²) in [6.07, 6.45) is 0.869. The molecule has 4 N–H and O–H groups in total. The lowest BCUT2D eigenvalue weighted by atomic mass is 9.95. The number of hydrazone groups is 1. The van der Waals surface area contributed by atoms with Gasteiger partial charge in [-0.25, -0.2) is 37.5 Å². The van der Waals surface area contributed by atoms with E-state index in [0.717, 1.165) is 17.3 Å². The van der Waals surface area contributed by atoms with Gasteiger partial charge in [0.05, 0.1) is 36.7 Å². The summed E-state index contributed by atoms with van der Waals surface area (Å²) in [7, 11) is -5.85. The zero-order valence-electron chi connectivity index (χ0n) is 25.3. The number of carboxylic acids is 2. The maximum absolute atomic E-state index is 12.5. The number of halogens is 2. The van der Waals surface area contributed by atoms with Gasteiger partial charge in [0.25, 0.3) is 10.0 Å². The molecule has 1 aliphatic heterocycles. The van der Waals surface area contributed by atoms with Crippen LogP contribution in [0.3, 0.4) is 0 Å². The van der Waals surface area contributed by atoms with Crippen LogP contribution in [0.5, 0.6) is 11.8 Å². The Labute approximate surface area is 283 Å². The van der Waals surface area contributed by atoms with E-state index in [1.165, 1.54) is 58.4 Å². The van der Waals surface area contributed by atoms with E-state index in [2.05, 4.69) is 25.4 Å². The molecule has 1 aromatic carbocycles. The molecule has 18 nitrogen and oxygen atoms in total. The zero-order valence-corrected chi connectivity index (χ0v) is 28.5. The molecule has 0 saturated carbocycles. The average Bonchev–Trinajstić information content (AvgIpc) is 3.39. The molecule has 258 valence electrons. The number of methoxy groups -OCH3 is 2. The number of aromatic nitrogens is 3. The Morgan fingerprint density at radius 3 is 2.17 bits per heavy atom. The maximum Gasteiger partial charge on any atom is 0.352 e. The van der Waals surface area contributed by atoms with E-state index in [9.17, 15) is 36.3 Å². The third-order valence-corrected chi connectivity index (χ3v) is 10.0. The van der Waals surface area contributed by atoms with Crippen LogP contribution in [-0.2, 0) is 29.4 Å². The van der Waals surface area contributed by atoms with Crippen LogP contribution in [-0.4, -0.2) is 91.2 Å². The van der Waals surface area contributed by atoms with Crippen LogP contribution in [0.1, 0.15) is 20.3 Å². The van der Waals surface area contributed by atoms with E-state index in [-0.39, 0.29) is 46.3 Å². The van der Waals surface area contributed by atoms with Gasteiger partial charge >= 0.3 is 18.0 Å². The largest absolute Gasteiger partial charge is 0.481 e. The Morgan fingerprint density at radius 2 is 1.65 bits per heavy atom. The quantitative estimate of drug-likeness (QED) is 0.232. The first-order valence-electron chi connectivity index (χ1n) is 13.2. The summed E-state index contributed by atoms with van der Waals surface area (Å²) >= 11 is 11.8. The fraction of sp³-hybridized carbons (Fsp3) is 0.269. The number of sulfone groups is 1. The third kappa shape index (κ3) is 8.56. The molecule has 1 atom stereocenters. The zero-order chi connectivity index (χ0) is 36.0. The smallest absolute Gasteiger partial charge is 0.352 e. The van der Waals surface area contributed by atoms with Crippen LogP contribution in [0.4, 0.5) is 16.4 Å². The van der Waals surface area contributed by atoms with Gasteiger partial charge in [0, 0.05) is 17.6 Å². The monoisotopic (exact) mass is 747 g/mol. The molecule has 1 aliphatic rings. The molecule has 3 aromatic rings. The highest BCUT2D eigenvalue weighted by molar-refractivity contribution is 7.93. The highest BCUT2D eigenvalue weighted by atomic mass is 35.5. The summed E-state index contributed by atoms with van der Waals surface area (Å²) in [4.78, 5) is 45.3. The van der Waals surface area contributed by atoms with Crippen molar-refractivity contribution in [3.63, 3.8) is 0 Å². The predicted octanol–water partition coefficient (Wildman–Crippen LogP) is 2.68. The van der Waals surface area contributed by atoms with Crippen LogP contribution in [0.25, 0.3) is 0 Å². The molecule has 0 saturated heterocycles. The normalized spacial score (nSPS) is 15.8. The van der Waals surface area contributed by atoms with Crippen molar-refractivity contribution in [2.75, 3.05) is 30.3 Å². The average molecular weight is 749 g/mol. The molecule has 2 aromatic heterocycles. The van der Waals surface area contributed by atoms with Gasteiger partial charge < -0.3 is 19.7 Å². The second-order valence-corrected chi connectivity index (χ2v) is 14.2. The SMILES string of the molecule is CC1(C(=O)O)CC(C(=O)O)=NN1c1ccc(Cl)cc1Cl.CCS(=O)(=O)c1cccnc1S(=O)(=O)NC(=O)Nc1nc(OC)cc(OC)n1. The summed E-state index contributed by atoms with van der Waals surface area (Å²) in [5.74, 6) is -2.97. The number of carbonyl (C=O) groups is 3. The molecule has 4 rings (SSSR count). The number of hydrogen-bond donors (Lipinski definition) is 4. The molecule has 2 amide bonds. The summed E-state index contributed by atoms with van der Waals surface area (Å²) in [6, 6.07) is 6.94. The number of aliphatic carboxylic acids is 2. The number of hydrogen-bond acceptors (Lipinski definition) is 14. The van der Waals surface area contributed by atoms with Crippen molar-refractivity contribution in [2.24, 2.45) is 5.10 Å². The lowest BCUT2D eigenvalue weighted by Gasteiger charge is -2.30. The molecular weight excluding hydrogens is 721 g/mol. The van der Waals surface area contributed by atoms with Gasteiger partial charge in [-0.05, 0) is 37.3 Å². The lowest BCUT2D eigenvalue weighted by Crippen LogP contribution is -2.47. The summed E-state index contributed by atoms with van der Waals surface area (Å²) < 4.78 is 60.7. The first-order valence-corrected chi connectivity index (χ1v) is 17.1. The van der Waals surface area contributed by atoms with E-state index in [0.29, 0.717) is 5.02 Å². The van der Waals surface area contributed by atoms with E-state index in [4.69, 9.17) is 37.8 Å². The Morgan fingerprint density at radius 1 is 1.02 bits per heavy atom. The molecule has 0 bridgehead atoms. The number of amides is 2. The highest BCUT2D eigenvalue weighted by Crippen LogP contribution is 2.38. The van der Waals surface area contributed by atoms with Crippen molar-refractivity contribution < 1.29 is 50.9 Å². The van der Waals surface area contributed by atoms with Crippen molar-refractivity contribution >= 4 is 78.4 Å². The van der Waals surface area contributed by atoms with Crippen molar-refractivity contribution in [1.82, 2.24) is 19.7 Å². The van der Waals surface area contributed by atoms with Gasteiger partial charge in [-0.1, -0.05) is 30.1 Å². The highest BCUT2D eigenvalue weighted by Gasteiger charge is 2.48. The number of anilines is 2. The summed E-state index contributed by atoms with van der Waals surface area (Å²) in [6.45, 7) is 2.74. The second kappa shape index (κ2) is 15.0. The van der Waals surface area contributed by atoms with Gasteiger partial charge in [-0.15, -0.1) is 0 Å². The first-order chi connectivity index (χ1) is 22.4. The molecule has 22 heteroatoms. The molecular formula is C26H27Cl2N7O11S2. The van der Waals surface area contributed by atoms with Gasteiger partial charge in [0.15, 0.2) is 20.4 Å². The lowest BCUT2D eigenvalue weighted by molar-refractivity contribution is -0.142. The Kier molecular flexibility index (Phi) is 11.7. The number of pyridine rings is 1. The number of sulfonamides is 1. The van der Waals surface area contributed by atoms with Crippen molar-refractivity contribution in [2.45, 2.75) is 35.7 Å². The topological polar surface area (TPSA) is 257 Å². The van der Waals surface area contributed by atoms with E-state index in [1.807, 2.05) is 0 Å². The summed E-state index contributed by atoms with van der Waals surface area (Å²) in [5.41, 5.74) is -1.45. The number of nitrogens with zero attached hydrogens (tertiary/aromatic N) is 5. The van der Waals surface area contributed by atoms with Crippen LogP contribution >= 0.6 is 23.2 Å². The number of carbonyl (C=O) groups excluding carboxylic acids is 1. The van der Waals surface area contributed by atoms with E-state index in [1.54, 1.807) is 4.72 Å². The van der Waals surface area contributed by atoms with E-state index >= 15 is 0 Å². The first kappa shape index (κ1) is 37.7. The van der Waals surface area contributed by atoms with Gasteiger partial charge in [0.2, 0.25) is 17.7 Å². The minimum Gasteiger partial charge on any atom is -0.481 e. The standard InChI is InChI=1S/C14H17N5O7S2.C12H10Cl2N2O4/c1-4-27(21,22)9-6-5-7-15-12(9)28(23,24)19-14(20)18-13-16-10(25-2)8-11(17-13)26-3;1-12(11(19)20)5-8(10(17)18)15-16(12)9-3-2-6(13)4-7(9)14/h5-8H,4H2,1-3H3,(H2,16,17,18,19,20);2-4H,5H2,1H3,(H,17,18)(H,19,20). The minimum absolute atomic E-state index is 0.0612. The fourth-order valence-electron chi connectivity index (χ4n) is 3.86. The van der Waals surface area contributed by atoms with Gasteiger partial charge in [-0.3, -0.25) is 5.32 Å². The molecule has 48 heavy (non-hydrogen) atoms. The van der Waals surface area contributed by atoms with Crippen LogP contribution in [0.15, 0.2) is 57.6 Å². The van der Waals surface area contributed by atoms with Crippen LogP contribution < -0.4 is 24.5 Å². The number of rotatable bonds is 10. The Bertz CT molecular complexity index is 1970. The van der Waals surface area contributed by atoms with Crippen LogP contribution in [0.2, 0.25) is 10.0 Å². The van der Waals surface area contributed by atoms with Gasteiger partial charge in [-0.2, -0.15) is 23.5 Å². The molecule has 0 aliphatic carbocycles. The number of ether oxygens (including phenoxy) is 2. The van der Waals surface area contributed by atoms with Crippen molar-refractivity contribution in [3.05, 3.63) is 52.6 Å². The third-order valence-electron chi connectivity index (χ3n) is 6.30. The Hall–Kier alpha value is -4.79. The maximum atomic E-state index is 12.5. The number of carboxylic acid groups (broad SMARTS) is 2. The number of benzene rings is 1. The molecule has 3 heterocycles.